The van der Waals surface area contributed by atoms with Crippen molar-refractivity contribution in [2.45, 2.75) is 6.42 Å². The fourth-order valence-electron chi connectivity index (χ4n) is 2.80. The van der Waals surface area contributed by atoms with Crippen LogP contribution in [-0.4, -0.2) is 69.7 Å². The highest BCUT2D eigenvalue weighted by Crippen LogP contribution is 2.27. The van der Waals surface area contributed by atoms with Crippen LogP contribution < -0.4 is 20.5 Å². The Balaban J connectivity index is 1.74. The molecule has 0 spiro atoms. The number of hydrogen-bond donors (Lipinski definition) is 3. The van der Waals surface area contributed by atoms with E-state index in [0.29, 0.717) is 16.4 Å². The minimum Gasteiger partial charge on any atom is -0.372 e. The number of thiocarbonyl (C=S) groups is 1. The maximum atomic E-state index is 11.2. The molecule has 27 heavy (non-hydrogen) atoms. The second-order valence-electron chi connectivity index (χ2n) is 6.49. The summed E-state index contributed by atoms with van der Waals surface area (Å²) in [6.45, 7) is 5.66. The third-order valence-corrected chi connectivity index (χ3v) is 4.49. The van der Waals surface area contributed by atoms with Crippen molar-refractivity contribution in [1.29, 1.82) is 0 Å². The molecule has 9 nitrogen and oxygen atoms in total. The second kappa shape index (κ2) is 10.8. The van der Waals surface area contributed by atoms with E-state index in [4.69, 9.17) is 17.0 Å². The molecule has 0 amide bonds. The van der Waals surface area contributed by atoms with Gasteiger partial charge in [0.2, 0.25) is 0 Å². The predicted molar refractivity (Wildman–Crippen MR) is 110 cm³/mol. The number of quaternary nitrogens is 1. The Hall–Kier alpha value is -2.30. The summed E-state index contributed by atoms with van der Waals surface area (Å²) >= 11 is 5.18. The molecule has 1 aromatic carbocycles. The van der Waals surface area contributed by atoms with Crippen molar-refractivity contribution in [3.63, 3.8) is 0 Å². The number of nitro benzene ring substituents is 1. The molecule has 3 N–H and O–H groups in total. The van der Waals surface area contributed by atoms with Crippen molar-refractivity contribution < 1.29 is 14.6 Å². The van der Waals surface area contributed by atoms with E-state index in [-0.39, 0.29) is 5.69 Å². The number of morpholine rings is 1. The molecule has 1 saturated heterocycles. The van der Waals surface area contributed by atoms with Crippen molar-refractivity contribution >= 4 is 34.9 Å². The summed E-state index contributed by atoms with van der Waals surface area (Å²) in [5, 5.41) is 18.8. The molecule has 0 atom stereocenters. The molecule has 2 rings (SSSR count). The summed E-state index contributed by atoms with van der Waals surface area (Å²) in [5.41, 5.74) is 3.95. The molecule has 1 aromatic rings. The summed E-state index contributed by atoms with van der Waals surface area (Å²) in [6, 6.07) is 4.96. The Morgan fingerprint density at radius 3 is 2.85 bits per heavy atom. The molecule has 0 saturated carbocycles. The quantitative estimate of drug-likeness (QED) is 0.184. The first-order chi connectivity index (χ1) is 13.0. The molecule has 0 bridgehead atoms. The van der Waals surface area contributed by atoms with Gasteiger partial charge in [0.15, 0.2) is 5.11 Å². The van der Waals surface area contributed by atoms with Gasteiger partial charge in [-0.1, -0.05) is 6.07 Å². The molecule has 10 heteroatoms. The third-order valence-electron chi connectivity index (χ3n) is 4.25. The summed E-state index contributed by atoms with van der Waals surface area (Å²) in [5.74, 6) is 0. The van der Waals surface area contributed by atoms with Crippen molar-refractivity contribution in [3.05, 3.63) is 33.9 Å². The monoisotopic (exact) mass is 395 g/mol. The molecule has 1 fully saturated rings. The van der Waals surface area contributed by atoms with Gasteiger partial charge in [-0.05, 0) is 18.3 Å². The van der Waals surface area contributed by atoms with Crippen LogP contribution in [0.3, 0.4) is 0 Å². The van der Waals surface area contributed by atoms with Gasteiger partial charge in [-0.3, -0.25) is 15.5 Å². The SMILES string of the molecule is CN(C)c1ccc(/C=N\NC(=S)NCCC[NH+]2CCOCC2)cc1[N+](=O)[O-]. The van der Waals surface area contributed by atoms with Crippen molar-refractivity contribution in [2.24, 2.45) is 5.10 Å². The first-order valence-electron chi connectivity index (χ1n) is 8.91. The molecule has 0 aliphatic carbocycles. The first-order valence-corrected chi connectivity index (χ1v) is 9.32. The highest BCUT2D eigenvalue weighted by atomic mass is 32.1. The van der Waals surface area contributed by atoms with E-state index in [1.807, 2.05) is 0 Å². The first kappa shape index (κ1) is 21.0. The highest BCUT2D eigenvalue weighted by molar-refractivity contribution is 7.80. The van der Waals surface area contributed by atoms with E-state index in [1.54, 1.807) is 36.0 Å². The van der Waals surface area contributed by atoms with E-state index < -0.39 is 4.92 Å². The topological polar surface area (TPSA) is 96.5 Å². The normalized spacial score (nSPS) is 14.9. The number of hydrogen-bond acceptors (Lipinski definition) is 6. The number of anilines is 1. The summed E-state index contributed by atoms with van der Waals surface area (Å²) < 4.78 is 5.34. The van der Waals surface area contributed by atoms with Gasteiger partial charge in [0.25, 0.3) is 5.69 Å². The minimum absolute atomic E-state index is 0.0373. The van der Waals surface area contributed by atoms with Gasteiger partial charge in [-0.25, -0.2) is 0 Å². The number of nitrogens with one attached hydrogen (secondary N) is 3. The van der Waals surface area contributed by atoms with Gasteiger partial charge < -0.3 is 19.9 Å². The number of nitro groups is 1. The Morgan fingerprint density at radius 2 is 2.19 bits per heavy atom. The zero-order chi connectivity index (χ0) is 19.6. The van der Waals surface area contributed by atoms with Gasteiger partial charge >= 0.3 is 0 Å². The summed E-state index contributed by atoms with van der Waals surface area (Å²) in [6.07, 6.45) is 2.53. The van der Waals surface area contributed by atoms with Gasteiger partial charge in [-0.15, -0.1) is 0 Å². The van der Waals surface area contributed by atoms with E-state index in [9.17, 15) is 10.1 Å². The molecule has 1 aliphatic heterocycles. The second-order valence-corrected chi connectivity index (χ2v) is 6.90. The van der Waals surface area contributed by atoms with Crippen LogP contribution >= 0.6 is 12.2 Å². The molecular weight excluding hydrogens is 368 g/mol. The molecule has 0 radical (unpaired) electrons. The molecular formula is C17H27N6O3S+. The predicted octanol–water partition coefficient (Wildman–Crippen LogP) is -0.236. The number of hydrazone groups is 1. The minimum atomic E-state index is -0.400. The zero-order valence-electron chi connectivity index (χ0n) is 15.7. The van der Waals surface area contributed by atoms with Crippen LogP contribution in [0, 0.1) is 10.1 Å². The van der Waals surface area contributed by atoms with E-state index in [0.717, 1.165) is 45.8 Å². The molecule has 1 aliphatic rings. The Labute approximate surface area is 164 Å². The number of ether oxygens (including phenoxy) is 1. The smallest absolute Gasteiger partial charge is 0.293 e. The Kier molecular flexibility index (Phi) is 8.37. The number of nitrogens with zero attached hydrogens (tertiary/aromatic N) is 3. The molecule has 148 valence electrons. The number of rotatable bonds is 8. The van der Waals surface area contributed by atoms with Crippen LogP contribution in [-0.2, 0) is 4.74 Å². The standard InChI is InChI=1S/C17H26N6O3S/c1-21(2)15-5-4-14(12-16(15)23(24)25)13-19-20-17(27)18-6-3-7-22-8-10-26-11-9-22/h4-5,12-13H,3,6-11H2,1-2H3,(H2,18,20,27)/p+1/b19-13-. The largest absolute Gasteiger partial charge is 0.372 e. The van der Waals surface area contributed by atoms with E-state index in [1.165, 1.54) is 12.3 Å². The lowest BCUT2D eigenvalue weighted by Crippen LogP contribution is -3.14. The Bertz CT molecular complexity index is 677. The lowest BCUT2D eigenvalue weighted by Gasteiger charge is -2.23. The fraction of sp³-hybridized carbons (Fsp3) is 0.529. The average molecular weight is 396 g/mol. The summed E-state index contributed by atoms with van der Waals surface area (Å²) in [4.78, 5) is 14.1. The van der Waals surface area contributed by atoms with Gasteiger partial charge in [0.05, 0.1) is 30.9 Å². The number of benzene rings is 1. The van der Waals surface area contributed by atoms with Crippen LogP contribution in [0.5, 0.6) is 0 Å². The van der Waals surface area contributed by atoms with Crippen LogP contribution in [0.25, 0.3) is 0 Å². The Morgan fingerprint density at radius 1 is 1.44 bits per heavy atom. The highest BCUT2D eigenvalue weighted by Gasteiger charge is 2.15. The van der Waals surface area contributed by atoms with Crippen molar-refractivity contribution in [2.75, 3.05) is 58.4 Å². The van der Waals surface area contributed by atoms with Gasteiger partial charge in [0.1, 0.15) is 18.8 Å². The van der Waals surface area contributed by atoms with Crippen LogP contribution in [0.15, 0.2) is 23.3 Å². The van der Waals surface area contributed by atoms with Crippen LogP contribution in [0.4, 0.5) is 11.4 Å². The van der Waals surface area contributed by atoms with Gasteiger partial charge in [-0.2, -0.15) is 5.10 Å². The summed E-state index contributed by atoms with van der Waals surface area (Å²) in [7, 11) is 3.53. The van der Waals surface area contributed by atoms with Crippen molar-refractivity contribution in [1.82, 2.24) is 10.7 Å². The van der Waals surface area contributed by atoms with E-state index in [2.05, 4.69) is 15.8 Å². The third kappa shape index (κ3) is 7.08. The molecule has 1 heterocycles. The molecule has 0 aromatic heterocycles. The average Bonchev–Trinajstić information content (AvgIpc) is 2.66. The van der Waals surface area contributed by atoms with Crippen molar-refractivity contribution in [3.8, 4) is 0 Å². The van der Waals surface area contributed by atoms with Crippen LogP contribution in [0.1, 0.15) is 12.0 Å². The molecule has 0 unspecified atom stereocenters. The van der Waals surface area contributed by atoms with Gasteiger partial charge in [0, 0.05) is 38.7 Å². The lowest BCUT2D eigenvalue weighted by atomic mass is 10.2. The maximum Gasteiger partial charge on any atom is 0.293 e. The maximum absolute atomic E-state index is 11.2. The fourth-order valence-corrected chi connectivity index (χ4v) is 2.96. The zero-order valence-corrected chi connectivity index (χ0v) is 16.6. The van der Waals surface area contributed by atoms with Crippen LogP contribution in [0.2, 0.25) is 0 Å². The van der Waals surface area contributed by atoms with E-state index >= 15 is 0 Å². The lowest BCUT2D eigenvalue weighted by molar-refractivity contribution is -0.908.